The molecular weight excluding hydrogens is 388 g/mol. The Morgan fingerprint density at radius 3 is 1.25 bits per heavy atom. The predicted octanol–water partition coefficient (Wildman–Crippen LogP) is 7.84. The molecule has 7 rings (SSSR count). The van der Waals surface area contributed by atoms with Crippen LogP contribution < -0.4 is 10.6 Å². The summed E-state index contributed by atoms with van der Waals surface area (Å²) in [5.41, 5.74) is 5.09. The molecule has 0 saturated carbocycles. The maximum absolute atomic E-state index is 3.76. The van der Waals surface area contributed by atoms with E-state index in [-0.39, 0.29) is 0 Å². The fraction of sp³-hybridized carbons (Fsp3) is 0.0667. The molecular formula is C30H22N2. The molecule has 1 aliphatic rings. The van der Waals surface area contributed by atoms with Gasteiger partial charge in [0.2, 0.25) is 0 Å². The van der Waals surface area contributed by atoms with Gasteiger partial charge in [-0.1, -0.05) is 60.7 Å². The number of rotatable bonds is 0. The molecule has 0 radical (unpaired) electrons. The van der Waals surface area contributed by atoms with E-state index >= 15 is 0 Å². The second-order valence-electron chi connectivity index (χ2n) is 8.73. The average Bonchev–Trinajstić information content (AvgIpc) is 2.82. The van der Waals surface area contributed by atoms with Gasteiger partial charge in [0.25, 0.3) is 0 Å². The number of hydrogen-bond acceptors (Lipinski definition) is 2. The van der Waals surface area contributed by atoms with E-state index in [4.69, 9.17) is 0 Å². The lowest BCUT2D eigenvalue weighted by atomic mass is 9.95. The number of nitrogens with one attached hydrogen (secondary N) is 2. The fourth-order valence-corrected chi connectivity index (χ4v) is 5.23. The van der Waals surface area contributed by atoms with Gasteiger partial charge in [0.15, 0.2) is 0 Å². The van der Waals surface area contributed by atoms with E-state index in [1.165, 1.54) is 65.6 Å². The maximum Gasteiger partial charge on any atom is 0.0427 e. The third-order valence-corrected chi connectivity index (χ3v) is 6.91. The van der Waals surface area contributed by atoms with Crippen molar-refractivity contribution >= 4 is 54.5 Å². The van der Waals surface area contributed by atoms with Crippen LogP contribution in [-0.4, -0.2) is 0 Å². The van der Waals surface area contributed by atoms with Gasteiger partial charge in [-0.05, 0) is 79.5 Å². The Morgan fingerprint density at radius 1 is 0.406 bits per heavy atom. The van der Waals surface area contributed by atoms with Gasteiger partial charge in [-0.3, -0.25) is 0 Å². The van der Waals surface area contributed by atoms with E-state index in [1.807, 2.05) is 0 Å². The molecule has 6 aromatic carbocycles. The molecule has 152 valence electrons. The van der Waals surface area contributed by atoms with Crippen molar-refractivity contribution in [3.05, 3.63) is 108 Å². The first-order valence-corrected chi connectivity index (χ1v) is 11.2. The molecule has 2 nitrogen and oxygen atoms in total. The lowest BCUT2D eigenvalue weighted by molar-refractivity contribution is 1.07. The zero-order valence-electron chi connectivity index (χ0n) is 17.7. The van der Waals surface area contributed by atoms with Crippen LogP contribution >= 0.6 is 0 Å². The van der Waals surface area contributed by atoms with Crippen molar-refractivity contribution in [1.82, 2.24) is 0 Å². The first-order valence-electron chi connectivity index (χ1n) is 11.2. The van der Waals surface area contributed by atoms with Crippen molar-refractivity contribution in [1.29, 1.82) is 0 Å². The van der Waals surface area contributed by atoms with E-state index in [0.29, 0.717) is 0 Å². The summed E-state index contributed by atoms with van der Waals surface area (Å²) >= 11 is 0. The minimum atomic E-state index is 0.796. The molecule has 1 heterocycles. The van der Waals surface area contributed by atoms with Gasteiger partial charge >= 0.3 is 0 Å². The van der Waals surface area contributed by atoms with Crippen LogP contribution in [0.2, 0.25) is 0 Å². The first kappa shape index (κ1) is 17.6. The van der Waals surface area contributed by atoms with Gasteiger partial charge in [-0.25, -0.2) is 0 Å². The molecule has 1 aliphatic heterocycles. The predicted molar refractivity (Wildman–Crippen MR) is 138 cm³/mol. The third-order valence-electron chi connectivity index (χ3n) is 6.91. The standard InChI is InChI=1S/C30H22N2/c1-3-7-21-15-25-23(13-19(21)5-1)9-11-29-27(25)17-31-30-12-10-24-14-20-6-2-4-8-22(20)16-26(24)28(30)18-32-29/h1-16,31-32H,17-18H2. The Bertz CT molecular complexity index is 1550. The Kier molecular flexibility index (Phi) is 3.71. The summed E-state index contributed by atoms with van der Waals surface area (Å²) in [6, 6.07) is 35.4. The van der Waals surface area contributed by atoms with Crippen LogP contribution in [0.4, 0.5) is 11.4 Å². The highest BCUT2D eigenvalue weighted by Crippen LogP contribution is 2.36. The maximum atomic E-state index is 3.76. The first-order chi connectivity index (χ1) is 15.8. The van der Waals surface area contributed by atoms with Gasteiger partial charge in [-0.2, -0.15) is 0 Å². The summed E-state index contributed by atoms with van der Waals surface area (Å²) < 4.78 is 0. The van der Waals surface area contributed by atoms with Crippen LogP contribution in [0.3, 0.4) is 0 Å². The highest BCUT2D eigenvalue weighted by atomic mass is 14.9. The topological polar surface area (TPSA) is 24.1 Å². The van der Waals surface area contributed by atoms with Gasteiger partial charge in [-0.15, -0.1) is 0 Å². The molecule has 0 atom stereocenters. The summed E-state index contributed by atoms with van der Waals surface area (Å²) in [5, 5.41) is 17.9. The SMILES string of the molecule is c1ccc2cc3c4c(ccc3cc2c1)NCc1c(ccc2cc3ccccc3cc12)NC4. The monoisotopic (exact) mass is 410 g/mol. The van der Waals surface area contributed by atoms with Crippen molar-refractivity contribution in [2.24, 2.45) is 0 Å². The molecule has 0 aliphatic carbocycles. The summed E-state index contributed by atoms with van der Waals surface area (Å²) in [6.45, 7) is 1.59. The van der Waals surface area contributed by atoms with Crippen molar-refractivity contribution in [3.63, 3.8) is 0 Å². The molecule has 0 aromatic heterocycles. The second-order valence-corrected chi connectivity index (χ2v) is 8.73. The molecule has 0 amide bonds. The summed E-state index contributed by atoms with van der Waals surface area (Å²) in [7, 11) is 0. The van der Waals surface area contributed by atoms with E-state index in [2.05, 4.69) is 108 Å². The Morgan fingerprint density at radius 2 is 0.812 bits per heavy atom. The lowest BCUT2D eigenvalue weighted by Crippen LogP contribution is -2.13. The number of fused-ring (bicyclic) bond motifs is 8. The Labute approximate surface area is 186 Å². The average molecular weight is 411 g/mol. The molecule has 0 spiro atoms. The van der Waals surface area contributed by atoms with Gasteiger partial charge in [0.05, 0.1) is 0 Å². The molecule has 32 heavy (non-hydrogen) atoms. The van der Waals surface area contributed by atoms with Crippen molar-refractivity contribution in [2.75, 3.05) is 10.6 Å². The van der Waals surface area contributed by atoms with Crippen LogP contribution in [0.25, 0.3) is 43.1 Å². The molecule has 0 fully saturated rings. The number of benzene rings is 6. The van der Waals surface area contributed by atoms with Crippen LogP contribution in [0.15, 0.2) is 97.1 Å². The van der Waals surface area contributed by atoms with Crippen LogP contribution in [0, 0.1) is 0 Å². The van der Waals surface area contributed by atoms with Gasteiger partial charge in [0.1, 0.15) is 0 Å². The third kappa shape index (κ3) is 2.66. The fourth-order valence-electron chi connectivity index (χ4n) is 5.23. The minimum Gasteiger partial charge on any atom is -0.381 e. The summed E-state index contributed by atoms with van der Waals surface area (Å²) in [5.74, 6) is 0. The van der Waals surface area contributed by atoms with Gasteiger partial charge < -0.3 is 10.6 Å². The van der Waals surface area contributed by atoms with E-state index in [9.17, 15) is 0 Å². The number of anilines is 2. The van der Waals surface area contributed by atoms with Crippen LogP contribution in [0.5, 0.6) is 0 Å². The molecule has 2 N–H and O–H groups in total. The lowest BCUT2D eigenvalue weighted by Gasteiger charge is -2.23. The minimum absolute atomic E-state index is 0.796. The van der Waals surface area contributed by atoms with E-state index in [1.54, 1.807) is 0 Å². The second kappa shape index (κ2) is 6.73. The van der Waals surface area contributed by atoms with Crippen LogP contribution in [-0.2, 0) is 13.1 Å². The largest absolute Gasteiger partial charge is 0.381 e. The van der Waals surface area contributed by atoms with Crippen LogP contribution in [0.1, 0.15) is 11.1 Å². The Hall–Kier alpha value is -4.04. The summed E-state index contributed by atoms with van der Waals surface area (Å²) in [4.78, 5) is 0. The molecule has 0 unspecified atom stereocenters. The van der Waals surface area contributed by atoms with Gasteiger partial charge in [0, 0.05) is 35.6 Å². The molecule has 6 aromatic rings. The smallest absolute Gasteiger partial charge is 0.0427 e. The molecule has 0 bridgehead atoms. The highest BCUT2D eigenvalue weighted by Gasteiger charge is 2.16. The van der Waals surface area contributed by atoms with E-state index < -0.39 is 0 Å². The normalized spacial score (nSPS) is 13.2. The quantitative estimate of drug-likeness (QED) is 0.249. The van der Waals surface area contributed by atoms with Crippen molar-refractivity contribution < 1.29 is 0 Å². The molecule has 2 heteroatoms. The van der Waals surface area contributed by atoms with Crippen molar-refractivity contribution in [2.45, 2.75) is 13.1 Å². The van der Waals surface area contributed by atoms with Crippen molar-refractivity contribution in [3.8, 4) is 0 Å². The number of hydrogen-bond donors (Lipinski definition) is 2. The highest BCUT2D eigenvalue weighted by molar-refractivity contribution is 6.03. The zero-order valence-corrected chi connectivity index (χ0v) is 17.7. The Balaban J connectivity index is 1.38. The summed E-state index contributed by atoms with van der Waals surface area (Å²) in [6.07, 6.45) is 0. The zero-order chi connectivity index (χ0) is 21.1. The molecule has 0 saturated heterocycles. The van der Waals surface area contributed by atoms with E-state index in [0.717, 1.165) is 13.1 Å².